The monoisotopic (exact) mass is 132 g/mol. The van der Waals surface area contributed by atoms with Crippen molar-refractivity contribution < 1.29 is 20.4 Å². The number of aliphatic hydroxyl groups excluding tert-OH is 3. The lowest BCUT2D eigenvalue weighted by atomic mass is 9.93. The van der Waals surface area contributed by atoms with E-state index in [1.165, 1.54) is 6.61 Å². The molecule has 0 aliphatic rings. The summed E-state index contributed by atoms with van der Waals surface area (Å²) in [5.41, 5.74) is -1.60. The van der Waals surface area contributed by atoms with Crippen LogP contribution in [0.3, 0.4) is 0 Å². The predicted octanol–water partition coefficient (Wildman–Crippen LogP) is -1.04. The second-order valence-electron chi connectivity index (χ2n) is 1.70. The molecule has 0 unspecified atom stereocenters. The van der Waals surface area contributed by atoms with E-state index in [4.69, 9.17) is 15.3 Å². The highest BCUT2D eigenvalue weighted by Gasteiger charge is 2.30. The molecule has 3 N–H and O–H groups in total. The molecule has 0 saturated heterocycles. The smallest absolute Gasteiger partial charge is 0.188 e. The average Bonchev–Trinajstić information content (AvgIpc) is 1.95. The van der Waals surface area contributed by atoms with Crippen molar-refractivity contribution in [2.24, 2.45) is 5.41 Å². The van der Waals surface area contributed by atoms with Crippen LogP contribution in [0.5, 0.6) is 0 Å². The Hall–Kier alpha value is -0.160. The lowest BCUT2D eigenvalue weighted by Crippen LogP contribution is -2.30. The van der Waals surface area contributed by atoms with E-state index in [1.54, 1.807) is 0 Å². The number of hydrogen-bond acceptors (Lipinski definition) is 3. The first kappa shape index (κ1) is 8.84. The molecule has 0 rings (SSSR count). The molecule has 0 atom stereocenters. The molecule has 0 aromatic carbocycles. The maximum atomic E-state index is 9.88. The molecule has 0 heterocycles. The zero-order chi connectivity index (χ0) is 7.33. The van der Waals surface area contributed by atoms with Gasteiger partial charge in [-0.3, -0.25) is 0 Å². The second-order valence-corrected chi connectivity index (χ2v) is 1.70. The molecule has 0 aliphatic carbocycles. The van der Waals surface area contributed by atoms with Crippen molar-refractivity contribution in [1.82, 2.24) is 0 Å². The fraction of sp³-hybridized carbons (Fsp3) is 0.600. The minimum Gasteiger partial charge on any atom is -0.395 e. The van der Waals surface area contributed by atoms with Gasteiger partial charge in [0, 0.05) is 0 Å². The van der Waals surface area contributed by atoms with E-state index in [1.807, 2.05) is 0 Å². The van der Waals surface area contributed by atoms with Gasteiger partial charge in [0.2, 0.25) is 0 Å². The maximum absolute atomic E-state index is 9.88. The van der Waals surface area contributed by atoms with E-state index in [9.17, 15) is 5.11 Å². The Morgan fingerprint density at radius 2 is 1.89 bits per heavy atom. The molecule has 0 saturated carbocycles. The summed E-state index contributed by atoms with van der Waals surface area (Å²) in [6.45, 7) is 0.469. The van der Waals surface area contributed by atoms with Crippen molar-refractivity contribution in [2.75, 3.05) is 13.2 Å². The summed E-state index contributed by atoms with van der Waals surface area (Å²) in [6, 6.07) is 0. The summed E-state index contributed by atoms with van der Waals surface area (Å²) in [6.07, 6.45) is 0. The minimum atomic E-state index is -1.60. The van der Waals surface area contributed by atoms with Gasteiger partial charge in [0.05, 0.1) is 25.2 Å². The summed E-state index contributed by atoms with van der Waals surface area (Å²) in [5.74, 6) is 0. The topological polar surface area (TPSA) is 80.6 Å². The number of rotatable bonds is 4. The maximum Gasteiger partial charge on any atom is 0.188 e. The molecule has 4 radical (unpaired) electrons. The Labute approximate surface area is 53.4 Å². The molecule has 0 aliphatic heterocycles. The van der Waals surface area contributed by atoms with Gasteiger partial charge in [-0.15, -0.1) is 0 Å². The average molecular weight is 132 g/mol. The summed E-state index contributed by atoms with van der Waals surface area (Å²) in [4.78, 5) is 0. The van der Waals surface area contributed by atoms with Crippen molar-refractivity contribution in [3.05, 3.63) is 13.2 Å². The van der Waals surface area contributed by atoms with Crippen LogP contribution in [0, 0.1) is 18.6 Å². The Bertz CT molecular complexity index is 51.8. The van der Waals surface area contributed by atoms with Crippen molar-refractivity contribution in [1.29, 1.82) is 0 Å². The van der Waals surface area contributed by atoms with Gasteiger partial charge in [-0.05, 0) is 0 Å². The van der Waals surface area contributed by atoms with E-state index in [0.717, 1.165) is 0 Å². The summed E-state index contributed by atoms with van der Waals surface area (Å²) < 4.78 is 0. The molecule has 0 aromatic heterocycles. The van der Waals surface area contributed by atoms with Crippen molar-refractivity contribution in [3.8, 4) is 0 Å². The fourth-order valence-corrected chi connectivity index (χ4v) is 0.223. The summed E-state index contributed by atoms with van der Waals surface area (Å²) in [7, 11) is 0. The van der Waals surface area contributed by atoms with Gasteiger partial charge >= 0.3 is 0 Å². The third-order valence-electron chi connectivity index (χ3n) is 1.01. The van der Waals surface area contributed by atoms with Gasteiger partial charge in [0.1, 0.15) is 0 Å². The van der Waals surface area contributed by atoms with Crippen molar-refractivity contribution >= 4 is 0 Å². The Morgan fingerprint density at radius 3 is 1.89 bits per heavy atom. The van der Waals surface area contributed by atoms with Crippen LogP contribution in [0.2, 0.25) is 0 Å². The first-order chi connectivity index (χ1) is 4.24. The van der Waals surface area contributed by atoms with Crippen LogP contribution >= 0.6 is 0 Å². The minimum absolute atomic E-state index is 0.431. The Balaban J connectivity index is 3.82. The van der Waals surface area contributed by atoms with Crippen LogP contribution in [-0.2, 0) is 5.11 Å². The molecule has 0 amide bonds. The van der Waals surface area contributed by atoms with Crippen molar-refractivity contribution in [2.45, 2.75) is 0 Å². The molecule has 4 nitrogen and oxygen atoms in total. The number of hydrogen-bond donors (Lipinski definition) is 3. The highest BCUT2D eigenvalue weighted by atomic mass is 16.3. The van der Waals surface area contributed by atoms with Gasteiger partial charge in [-0.2, -0.15) is 0 Å². The molecular weight excluding hydrogens is 124 g/mol. The molecule has 0 spiro atoms. The van der Waals surface area contributed by atoms with Gasteiger partial charge in [-0.25, -0.2) is 5.11 Å². The van der Waals surface area contributed by atoms with E-state index in [-0.39, 0.29) is 0 Å². The predicted molar refractivity (Wildman–Crippen MR) is 26.8 cm³/mol. The lowest BCUT2D eigenvalue weighted by Gasteiger charge is -2.20. The zero-order valence-electron chi connectivity index (χ0n) is 4.74. The summed E-state index contributed by atoms with van der Waals surface area (Å²) >= 11 is 0. The van der Waals surface area contributed by atoms with Gasteiger partial charge < -0.3 is 15.3 Å². The molecule has 0 bridgehead atoms. The van der Waals surface area contributed by atoms with E-state index in [0.29, 0.717) is 6.61 Å². The van der Waals surface area contributed by atoms with E-state index in [2.05, 4.69) is 0 Å². The molecule has 52 valence electrons. The standard InChI is InChI=1S/C5H8O4/c6-1-5(2-7,3-8)4-9/h1,6-8H,2-3H2. The molecule has 9 heavy (non-hydrogen) atoms. The third-order valence-corrected chi connectivity index (χ3v) is 1.01. The molecular formula is C5H8O4. The van der Waals surface area contributed by atoms with Crippen LogP contribution < -0.4 is 0 Å². The van der Waals surface area contributed by atoms with Gasteiger partial charge in [0.15, 0.2) is 6.61 Å². The largest absolute Gasteiger partial charge is 0.395 e. The second kappa shape index (κ2) is 3.79. The first-order valence-electron chi connectivity index (χ1n) is 2.34. The van der Waals surface area contributed by atoms with Crippen LogP contribution in [0.4, 0.5) is 0 Å². The van der Waals surface area contributed by atoms with Crippen LogP contribution in [0.15, 0.2) is 0 Å². The molecule has 0 fully saturated rings. The highest BCUT2D eigenvalue weighted by Crippen LogP contribution is 2.19. The van der Waals surface area contributed by atoms with Crippen LogP contribution in [-0.4, -0.2) is 28.5 Å². The molecule has 4 heteroatoms. The SMILES string of the molecule is [O][C]C([CH]O)(CO)CO. The zero-order valence-corrected chi connectivity index (χ0v) is 4.74. The fourth-order valence-electron chi connectivity index (χ4n) is 0.223. The van der Waals surface area contributed by atoms with Gasteiger partial charge in [-0.1, -0.05) is 0 Å². The van der Waals surface area contributed by atoms with Crippen LogP contribution in [0.25, 0.3) is 0 Å². The highest BCUT2D eigenvalue weighted by molar-refractivity contribution is 4.90. The quantitative estimate of drug-likeness (QED) is 0.457. The van der Waals surface area contributed by atoms with E-state index >= 15 is 0 Å². The molecule has 0 aromatic rings. The first-order valence-corrected chi connectivity index (χ1v) is 2.34. The Kier molecular flexibility index (Phi) is 3.72. The van der Waals surface area contributed by atoms with Crippen LogP contribution in [0.1, 0.15) is 0 Å². The lowest BCUT2D eigenvalue weighted by molar-refractivity contribution is 0.0181. The van der Waals surface area contributed by atoms with Crippen molar-refractivity contribution in [3.63, 3.8) is 0 Å². The normalized spacial score (nSPS) is 12.0. The number of aliphatic hydroxyl groups is 3. The van der Waals surface area contributed by atoms with E-state index < -0.39 is 18.6 Å². The summed E-state index contributed by atoms with van der Waals surface area (Å²) in [5, 5.41) is 34.9. The Morgan fingerprint density at radius 1 is 1.44 bits per heavy atom. The van der Waals surface area contributed by atoms with Gasteiger partial charge in [0.25, 0.3) is 0 Å². The third kappa shape index (κ3) is 1.91.